The van der Waals surface area contributed by atoms with Crippen LogP contribution in [-0.4, -0.2) is 33.8 Å². The molecule has 0 atom stereocenters. The highest BCUT2D eigenvalue weighted by atomic mass is 35.5. The van der Waals surface area contributed by atoms with Crippen LogP contribution in [0.15, 0.2) is 73.1 Å². The first-order chi connectivity index (χ1) is 19.6. The molecule has 2 aromatic heterocycles. The summed E-state index contributed by atoms with van der Waals surface area (Å²) in [4.78, 5) is 33.7. The Morgan fingerprint density at radius 2 is 1.65 bits per heavy atom. The molecule has 0 bridgehead atoms. The lowest BCUT2D eigenvalue weighted by molar-refractivity contribution is -0.125. The molecule has 40 heavy (non-hydrogen) atoms. The predicted octanol–water partition coefficient (Wildman–Crippen LogP) is 7.88. The fourth-order valence-corrected chi connectivity index (χ4v) is 7.75. The molecule has 0 unspecified atom stereocenters. The third-order valence-electron chi connectivity index (χ3n) is 8.49. The predicted molar refractivity (Wildman–Crippen MR) is 163 cm³/mol. The van der Waals surface area contributed by atoms with Gasteiger partial charge in [0.15, 0.2) is 0 Å². The quantitative estimate of drug-likeness (QED) is 0.245. The fraction of sp³-hybridized carbons (Fsp3) is 0.364. The van der Waals surface area contributed by atoms with Gasteiger partial charge in [0.2, 0.25) is 5.91 Å². The zero-order valence-corrected chi connectivity index (χ0v) is 24.1. The summed E-state index contributed by atoms with van der Waals surface area (Å²) in [5.74, 6) is 0.386. The first-order valence-electron chi connectivity index (χ1n) is 14.3. The molecule has 206 valence electrons. The number of hydrogen-bond acceptors (Lipinski definition) is 4. The molecule has 0 saturated heterocycles. The van der Waals surface area contributed by atoms with E-state index < -0.39 is 0 Å². The average molecular weight is 572 g/mol. The van der Waals surface area contributed by atoms with Gasteiger partial charge in [0, 0.05) is 47.0 Å². The first-order valence-corrected chi connectivity index (χ1v) is 15.5. The van der Waals surface area contributed by atoms with Gasteiger partial charge in [0.1, 0.15) is 4.88 Å². The lowest BCUT2D eigenvalue weighted by atomic mass is 9.89. The van der Waals surface area contributed by atoms with Crippen molar-refractivity contribution in [2.45, 2.75) is 70.0 Å². The minimum absolute atomic E-state index is 0.0149. The lowest BCUT2D eigenvalue weighted by Crippen LogP contribution is -2.46. The second-order valence-electron chi connectivity index (χ2n) is 11.1. The Bertz CT molecular complexity index is 1490. The molecule has 2 aromatic carbocycles. The molecule has 0 spiro atoms. The molecule has 1 N–H and O–H groups in total. The van der Waals surface area contributed by atoms with Crippen LogP contribution in [0.4, 0.5) is 0 Å². The van der Waals surface area contributed by atoms with E-state index in [1.807, 2.05) is 41.3 Å². The summed E-state index contributed by atoms with van der Waals surface area (Å²) in [6.45, 7) is 0.506. The van der Waals surface area contributed by atoms with Crippen LogP contribution in [0.2, 0.25) is 5.02 Å². The Morgan fingerprint density at radius 3 is 2.40 bits per heavy atom. The number of aromatic nitrogens is 1. The maximum Gasteiger partial charge on any atom is 0.266 e. The number of amides is 2. The van der Waals surface area contributed by atoms with Crippen molar-refractivity contribution in [1.29, 1.82) is 0 Å². The maximum absolute atomic E-state index is 14.2. The molecule has 5 nitrogen and oxygen atoms in total. The highest BCUT2D eigenvalue weighted by molar-refractivity contribution is 7.21. The molecule has 2 aliphatic carbocycles. The highest BCUT2D eigenvalue weighted by Crippen LogP contribution is 2.38. The van der Waals surface area contributed by atoms with Crippen LogP contribution in [0.5, 0.6) is 0 Å². The average Bonchev–Trinajstić information content (AvgIpc) is 3.66. The lowest BCUT2D eigenvalue weighted by Gasteiger charge is -2.37. The number of nitrogens with one attached hydrogen (secondary N) is 1. The van der Waals surface area contributed by atoms with Crippen LogP contribution < -0.4 is 5.32 Å². The van der Waals surface area contributed by atoms with Gasteiger partial charge < -0.3 is 10.2 Å². The number of hydrogen-bond donors (Lipinski definition) is 1. The van der Waals surface area contributed by atoms with Crippen molar-refractivity contribution in [3.63, 3.8) is 0 Å². The van der Waals surface area contributed by atoms with Gasteiger partial charge in [0.05, 0.1) is 5.02 Å². The number of halogens is 1. The summed E-state index contributed by atoms with van der Waals surface area (Å²) in [5, 5.41) is 4.78. The standard InChI is InChI=1S/C33H34ClN3O2S/c34-30-28-10-3-4-11-29(28)40-31(30)33(39)37(21-22-6-5-9-25(20-22)23-16-18-35-19-17-23)27-14-12-26(13-15-27)36-32(38)24-7-1-2-8-24/h3-6,9-11,16-20,24,26-27H,1-2,7-8,12-15,21H2,(H,36,38). The number of carbonyl (C=O) groups excluding carboxylic acids is 2. The molecular weight excluding hydrogens is 538 g/mol. The summed E-state index contributed by atoms with van der Waals surface area (Å²) in [5.41, 5.74) is 3.28. The summed E-state index contributed by atoms with van der Waals surface area (Å²) in [6, 6.07) is 20.6. The molecule has 6 rings (SSSR count). The van der Waals surface area contributed by atoms with Crippen molar-refractivity contribution >= 4 is 44.8 Å². The topological polar surface area (TPSA) is 62.3 Å². The van der Waals surface area contributed by atoms with Gasteiger partial charge >= 0.3 is 0 Å². The zero-order valence-electron chi connectivity index (χ0n) is 22.5. The fourth-order valence-electron chi connectivity index (χ4n) is 6.28. The van der Waals surface area contributed by atoms with E-state index in [1.165, 1.54) is 11.3 Å². The molecule has 0 aliphatic heterocycles. The van der Waals surface area contributed by atoms with E-state index in [9.17, 15) is 9.59 Å². The molecule has 0 radical (unpaired) electrons. The van der Waals surface area contributed by atoms with E-state index in [4.69, 9.17) is 11.6 Å². The molecule has 2 heterocycles. The number of nitrogens with zero attached hydrogens (tertiary/aromatic N) is 2. The van der Waals surface area contributed by atoms with Gasteiger partial charge in [-0.15, -0.1) is 11.3 Å². The van der Waals surface area contributed by atoms with Gasteiger partial charge in [-0.3, -0.25) is 14.6 Å². The monoisotopic (exact) mass is 571 g/mol. The number of fused-ring (bicyclic) bond motifs is 1. The first kappa shape index (κ1) is 27.0. The van der Waals surface area contributed by atoms with E-state index in [-0.39, 0.29) is 29.8 Å². The third kappa shape index (κ3) is 5.79. The Kier molecular flexibility index (Phi) is 8.17. The molecule has 4 aromatic rings. The van der Waals surface area contributed by atoms with Crippen LogP contribution in [0.1, 0.15) is 66.6 Å². The van der Waals surface area contributed by atoms with Crippen molar-refractivity contribution in [2.24, 2.45) is 5.92 Å². The van der Waals surface area contributed by atoms with E-state index in [0.717, 1.165) is 78.1 Å². The van der Waals surface area contributed by atoms with Gasteiger partial charge in [-0.25, -0.2) is 0 Å². The van der Waals surface area contributed by atoms with E-state index in [2.05, 4.69) is 34.6 Å². The Morgan fingerprint density at radius 1 is 0.900 bits per heavy atom. The van der Waals surface area contributed by atoms with Crippen LogP contribution in [0.3, 0.4) is 0 Å². The van der Waals surface area contributed by atoms with Gasteiger partial charge in [0.25, 0.3) is 5.91 Å². The number of benzene rings is 2. The third-order valence-corrected chi connectivity index (χ3v) is 10.2. The Balaban J connectivity index is 1.24. The van der Waals surface area contributed by atoms with E-state index in [0.29, 0.717) is 16.4 Å². The number of carbonyl (C=O) groups is 2. The van der Waals surface area contributed by atoms with E-state index in [1.54, 1.807) is 12.4 Å². The summed E-state index contributed by atoms with van der Waals surface area (Å²) in [6.07, 6.45) is 11.4. The van der Waals surface area contributed by atoms with Crippen molar-refractivity contribution in [3.05, 3.63) is 88.5 Å². The maximum atomic E-state index is 14.2. The minimum atomic E-state index is -0.0149. The van der Waals surface area contributed by atoms with E-state index >= 15 is 0 Å². The Labute approximate surface area is 244 Å². The summed E-state index contributed by atoms with van der Waals surface area (Å²) in [7, 11) is 0. The van der Waals surface area contributed by atoms with Crippen molar-refractivity contribution in [1.82, 2.24) is 15.2 Å². The van der Waals surface area contributed by atoms with Crippen LogP contribution in [-0.2, 0) is 11.3 Å². The highest BCUT2D eigenvalue weighted by Gasteiger charge is 2.33. The smallest absolute Gasteiger partial charge is 0.266 e. The van der Waals surface area contributed by atoms with Crippen molar-refractivity contribution in [3.8, 4) is 11.1 Å². The second kappa shape index (κ2) is 12.1. The normalized spacial score (nSPS) is 19.5. The molecular formula is C33H34ClN3O2S. The SMILES string of the molecule is O=C(NC1CCC(N(Cc2cccc(-c3ccncc3)c2)C(=O)c2sc3ccccc3c2Cl)CC1)C1CCCC1. The summed E-state index contributed by atoms with van der Waals surface area (Å²) >= 11 is 8.27. The van der Waals surface area contributed by atoms with Crippen molar-refractivity contribution < 1.29 is 9.59 Å². The second-order valence-corrected chi connectivity index (χ2v) is 12.5. The van der Waals surface area contributed by atoms with Gasteiger partial charge in [-0.05, 0) is 79.5 Å². The molecule has 2 fully saturated rings. The minimum Gasteiger partial charge on any atom is -0.353 e. The van der Waals surface area contributed by atoms with Gasteiger partial charge in [-0.1, -0.05) is 60.8 Å². The summed E-state index contributed by atoms with van der Waals surface area (Å²) < 4.78 is 1.02. The Hall–Kier alpha value is -3.22. The molecule has 2 aliphatic rings. The van der Waals surface area contributed by atoms with Crippen LogP contribution in [0, 0.1) is 5.92 Å². The van der Waals surface area contributed by atoms with Crippen LogP contribution in [0.25, 0.3) is 21.2 Å². The number of pyridine rings is 1. The largest absolute Gasteiger partial charge is 0.353 e. The zero-order chi connectivity index (χ0) is 27.5. The van der Waals surface area contributed by atoms with Crippen LogP contribution >= 0.6 is 22.9 Å². The number of thiophene rings is 1. The molecule has 2 amide bonds. The molecule has 2 saturated carbocycles. The van der Waals surface area contributed by atoms with Gasteiger partial charge in [-0.2, -0.15) is 0 Å². The number of rotatable bonds is 7. The van der Waals surface area contributed by atoms with Crippen molar-refractivity contribution in [2.75, 3.05) is 0 Å². The molecule has 7 heteroatoms.